The summed E-state index contributed by atoms with van der Waals surface area (Å²) in [6, 6.07) is 14.2. The maximum atomic E-state index is 5.46. The van der Waals surface area contributed by atoms with Crippen molar-refractivity contribution in [3.8, 4) is 17.2 Å². The quantitative estimate of drug-likeness (QED) is 0.674. The number of nitrogens with zero attached hydrogens (tertiary/aromatic N) is 2. The molecule has 0 saturated heterocycles. The summed E-state index contributed by atoms with van der Waals surface area (Å²) in [7, 11) is 0. The van der Waals surface area contributed by atoms with E-state index in [1.165, 1.54) is 11.1 Å². The van der Waals surface area contributed by atoms with Crippen molar-refractivity contribution in [2.45, 2.75) is 18.4 Å². The van der Waals surface area contributed by atoms with Crippen LogP contribution in [0.1, 0.15) is 17.0 Å². The molecule has 1 N–H and O–H groups in total. The molecule has 3 aromatic rings. The maximum absolute atomic E-state index is 5.46. The third kappa shape index (κ3) is 3.29. The molecule has 2 aromatic carbocycles. The molecule has 0 saturated carbocycles. The summed E-state index contributed by atoms with van der Waals surface area (Å²) in [6.45, 7) is 2.40. The minimum atomic E-state index is 0.259. The molecule has 7 heteroatoms. The number of aromatic amines is 1. The van der Waals surface area contributed by atoms with E-state index < -0.39 is 0 Å². The Labute approximate surface area is 155 Å². The van der Waals surface area contributed by atoms with Gasteiger partial charge < -0.3 is 9.47 Å². The maximum Gasteiger partial charge on any atom is 0.231 e. The molecule has 0 bridgehead atoms. The molecule has 128 valence electrons. The molecular formula is C18H17N3O2S2. The number of H-pyrrole nitrogens is 1. The number of hydrogen-bond donors (Lipinski definition) is 1. The number of ether oxygens (including phenoxy) is 2. The number of rotatable bonds is 5. The first-order valence-corrected chi connectivity index (χ1v) is 9.47. The predicted molar refractivity (Wildman–Crippen MR) is 101 cm³/mol. The first-order chi connectivity index (χ1) is 12.2. The van der Waals surface area contributed by atoms with Crippen LogP contribution in [0.4, 0.5) is 0 Å². The lowest BCUT2D eigenvalue weighted by Crippen LogP contribution is -2.00. The van der Waals surface area contributed by atoms with Gasteiger partial charge in [0.05, 0.1) is 11.4 Å². The fraction of sp³-hybridized carbons (Fsp3) is 0.222. The number of aromatic nitrogens is 3. The monoisotopic (exact) mass is 371 g/mol. The van der Waals surface area contributed by atoms with Crippen molar-refractivity contribution >= 4 is 24.0 Å². The molecule has 5 nitrogen and oxygen atoms in total. The second kappa shape index (κ2) is 6.93. The third-order valence-electron chi connectivity index (χ3n) is 4.11. The van der Waals surface area contributed by atoms with E-state index in [2.05, 4.69) is 41.4 Å². The molecule has 0 aliphatic carbocycles. The predicted octanol–water partition coefficient (Wildman–Crippen LogP) is 4.40. The Morgan fingerprint density at radius 1 is 1.16 bits per heavy atom. The van der Waals surface area contributed by atoms with E-state index in [-0.39, 0.29) is 6.79 Å². The molecule has 0 atom stereocenters. The topological polar surface area (TPSA) is 52.1 Å². The van der Waals surface area contributed by atoms with Crippen LogP contribution in [0.15, 0.2) is 42.5 Å². The molecular weight excluding hydrogens is 354 g/mol. The highest BCUT2D eigenvalue weighted by Gasteiger charge is 2.16. The van der Waals surface area contributed by atoms with Gasteiger partial charge in [0, 0.05) is 11.8 Å². The lowest BCUT2D eigenvalue weighted by Gasteiger charge is -2.08. The largest absolute Gasteiger partial charge is 0.454 e. The zero-order chi connectivity index (χ0) is 17.2. The average Bonchev–Trinajstić information content (AvgIpc) is 3.22. The van der Waals surface area contributed by atoms with Crippen LogP contribution in [0, 0.1) is 11.7 Å². The average molecular weight is 371 g/mol. The van der Waals surface area contributed by atoms with Crippen molar-refractivity contribution in [3.05, 3.63) is 64.2 Å². The number of fused-ring (bicyclic) bond motifs is 1. The van der Waals surface area contributed by atoms with E-state index in [4.69, 9.17) is 21.7 Å². The number of nitrogens with one attached hydrogen (secondary N) is 1. The van der Waals surface area contributed by atoms with Gasteiger partial charge in [-0.05, 0) is 42.4 Å². The standard InChI is InChI=1S/C18H17N3O2S2/c1-12-4-2-3-5-13(12)9-25-10-17-19-20-18(24)21(17)14-6-7-15-16(8-14)23-11-22-15/h2-8H,9-11H2,1H3,(H,20,24). The first kappa shape index (κ1) is 16.2. The van der Waals surface area contributed by atoms with Gasteiger partial charge in [0.15, 0.2) is 16.3 Å². The number of thioether (sulfide) groups is 1. The van der Waals surface area contributed by atoms with Crippen LogP contribution in [0.25, 0.3) is 5.69 Å². The Bertz CT molecular complexity index is 965. The van der Waals surface area contributed by atoms with Gasteiger partial charge in [0.25, 0.3) is 0 Å². The zero-order valence-corrected chi connectivity index (χ0v) is 15.3. The lowest BCUT2D eigenvalue weighted by atomic mass is 10.1. The summed E-state index contributed by atoms with van der Waals surface area (Å²) in [5.41, 5.74) is 3.58. The smallest absolute Gasteiger partial charge is 0.231 e. The normalized spacial score (nSPS) is 12.5. The zero-order valence-electron chi connectivity index (χ0n) is 13.7. The Morgan fingerprint density at radius 2 is 2.00 bits per heavy atom. The van der Waals surface area contributed by atoms with Crippen LogP contribution in [0.2, 0.25) is 0 Å². The minimum absolute atomic E-state index is 0.259. The van der Waals surface area contributed by atoms with Crippen LogP contribution in [-0.2, 0) is 11.5 Å². The highest BCUT2D eigenvalue weighted by molar-refractivity contribution is 7.97. The van der Waals surface area contributed by atoms with E-state index in [0.717, 1.165) is 34.5 Å². The van der Waals surface area contributed by atoms with Crippen molar-refractivity contribution in [1.82, 2.24) is 14.8 Å². The van der Waals surface area contributed by atoms with Gasteiger partial charge in [0.1, 0.15) is 5.82 Å². The molecule has 0 amide bonds. The van der Waals surface area contributed by atoms with Crippen LogP contribution in [-0.4, -0.2) is 21.6 Å². The van der Waals surface area contributed by atoms with Gasteiger partial charge in [0.2, 0.25) is 6.79 Å². The van der Waals surface area contributed by atoms with Crippen molar-refractivity contribution in [2.75, 3.05) is 6.79 Å². The minimum Gasteiger partial charge on any atom is -0.454 e. The van der Waals surface area contributed by atoms with Crippen LogP contribution in [0.5, 0.6) is 11.5 Å². The van der Waals surface area contributed by atoms with Crippen molar-refractivity contribution < 1.29 is 9.47 Å². The molecule has 1 aliphatic heterocycles. The van der Waals surface area contributed by atoms with Gasteiger partial charge in [-0.2, -0.15) is 5.10 Å². The molecule has 0 fully saturated rings. The summed E-state index contributed by atoms with van der Waals surface area (Å²) in [5, 5.41) is 7.29. The summed E-state index contributed by atoms with van der Waals surface area (Å²) >= 11 is 7.23. The van der Waals surface area contributed by atoms with E-state index in [1.54, 1.807) is 0 Å². The number of benzene rings is 2. The van der Waals surface area contributed by atoms with Crippen LogP contribution < -0.4 is 9.47 Å². The van der Waals surface area contributed by atoms with E-state index >= 15 is 0 Å². The van der Waals surface area contributed by atoms with Gasteiger partial charge >= 0.3 is 0 Å². The van der Waals surface area contributed by atoms with E-state index in [0.29, 0.717) is 4.77 Å². The Morgan fingerprint density at radius 3 is 2.88 bits per heavy atom. The molecule has 0 unspecified atom stereocenters. The fourth-order valence-corrected chi connectivity index (χ4v) is 4.02. The van der Waals surface area contributed by atoms with E-state index in [1.807, 2.05) is 34.5 Å². The molecule has 4 rings (SSSR count). The number of hydrogen-bond acceptors (Lipinski definition) is 5. The third-order valence-corrected chi connectivity index (χ3v) is 5.36. The van der Waals surface area contributed by atoms with Gasteiger partial charge in [-0.15, -0.1) is 11.8 Å². The summed E-state index contributed by atoms with van der Waals surface area (Å²) in [5.74, 6) is 4.08. The SMILES string of the molecule is Cc1ccccc1CSCc1n[nH]c(=S)n1-c1ccc2c(c1)OCO2. The summed E-state index contributed by atoms with van der Waals surface area (Å²) in [6.07, 6.45) is 0. The molecule has 0 radical (unpaired) electrons. The number of aryl methyl sites for hydroxylation is 1. The summed E-state index contributed by atoms with van der Waals surface area (Å²) < 4.78 is 13.4. The van der Waals surface area contributed by atoms with Crippen molar-refractivity contribution in [3.63, 3.8) is 0 Å². The molecule has 1 aromatic heterocycles. The van der Waals surface area contributed by atoms with Crippen molar-refractivity contribution in [1.29, 1.82) is 0 Å². The van der Waals surface area contributed by atoms with Crippen molar-refractivity contribution in [2.24, 2.45) is 0 Å². The second-order valence-electron chi connectivity index (χ2n) is 5.74. The molecule has 25 heavy (non-hydrogen) atoms. The Balaban J connectivity index is 1.54. The molecule has 0 spiro atoms. The van der Waals surface area contributed by atoms with Crippen LogP contribution in [0.3, 0.4) is 0 Å². The van der Waals surface area contributed by atoms with E-state index in [9.17, 15) is 0 Å². The summed E-state index contributed by atoms with van der Waals surface area (Å²) in [4.78, 5) is 0. The van der Waals surface area contributed by atoms with Gasteiger partial charge in [-0.25, -0.2) is 0 Å². The van der Waals surface area contributed by atoms with Crippen LogP contribution >= 0.6 is 24.0 Å². The Hall–Kier alpha value is -2.25. The lowest BCUT2D eigenvalue weighted by molar-refractivity contribution is 0.174. The highest BCUT2D eigenvalue weighted by Crippen LogP contribution is 2.34. The highest BCUT2D eigenvalue weighted by atomic mass is 32.2. The molecule has 2 heterocycles. The van der Waals surface area contributed by atoms with Gasteiger partial charge in [-0.3, -0.25) is 9.67 Å². The molecule has 1 aliphatic rings. The Kier molecular flexibility index (Phi) is 4.50. The van der Waals surface area contributed by atoms with Gasteiger partial charge in [-0.1, -0.05) is 24.3 Å². The first-order valence-electron chi connectivity index (χ1n) is 7.91. The fourth-order valence-electron chi connectivity index (χ4n) is 2.74. The second-order valence-corrected chi connectivity index (χ2v) is 7.11.